The fourth-order valence-electron chi connectivity index (χ4n) is 1.49. The van der Waals surface area contributed by atoms with Crippen molar-refractivity contribution in [3.8, 4) is 6.07 Å². The summed E-state index contributed by atoms with van der Waals surface area (Å²) < 4.78 is 0. The average molecular weight is 231 g/mol. The molecule has 1 N–H and O–H groups in total. The van der Waals surface area contributed by atoms with Gasteiger partial charge in [-0.3, -0.25) is 9.78 Å². The topological polar surface area (TPSA) is 65.8 Å². The SMILES string of the molecule is Cc1cccnc1CNC(=O)C(C#N)C(C)C. The largest absolute Gasteiger partial charge is 0.349 e. The third-order valence-electron chi connectivity index (χ3n) is 2.64. The highest BCUT2D eigenvalue weighted by atomic mass is 16.1. The van der Waals surface area contributed by atoms with Crippen LogP contribution in [-0.4, -0.2) is 10.9 Å². The fraction of sp³-hybridized carbons (Fsp3) is 0.462. The van der Waals surface area contributed by atoms with Crippen LogP contribution in [0, 0.1) is 30.1 Å². The Hall–Kier alpha value is -1.89. The summed E-state index contributed by atoms with van der Waals surface area (Å²) in [6.45, 7) is 6.04. The molecule has 0 spiro atoms. The van der Waals surface area contributed by atoms with Crippen molar-refractivity contribution in [2.75, 3.05) is 0 Å². The van der Waals surface area contributed by atoms with E-state index in [2.05, 4.69) is 10.3 Å². The first kappa shape index (κ1) is 13.2. The van der Waals surface area contributed by atoms with Gasteiger partial charge in [-0.1, -0.05) is 19.9 Å². The number of amides is 1. The second-order valence-electron chi connectivity index (χ2n) is 4.34. The van der Waals surface area contributed by atoms with Gasteiger partial charge in [0.2, 0.25) is 5.91 Å². The average Bonchev–Trinajstić information content (AvgIpc) is 2.28. The summed E-state index contributed by atoms with van der Waals surface area (Å²) in [6.07, 6.45) is 1.69. The summed E-state index contributed by atoms with van der Waals surface area (Å²) in [4.78, 5) is 15.9. The molecule has 4 nitrogen and oxygen atoms in total. The minimum atomic E-state index is -0.598. The van der Waals surface area contributed by atoms with Gasteiger partial charge < -0.3 is 5.32 Å². The smallest absolute Gasteiger partial charge is 0.237 e. The third-order valence-corrected chi connectivity index (χ3v) is 2.64. The molecule has 0 aliphatic rings. The lowest BCUT2D eigenvalue weighted by Crippen LogP contribution is -2.32. The first-order valence-corrected chi connectivity index (χ1v) is 5.64. The lowest BCUT2D eigenvalue weighted by atomic mass is 9.96. The second kappa shape index (κ2) is 6.00. The van der Waals surface area contributed by atoms with Crippen molar-refractivity contribution in [2.24, 2.45) is 11.8 Å². The zero-order chi connectivity index (χ0) is 12.8. The number of aryl methyl sites for hydroxylation is 1. The van der Waals surface area contributed by atoms with E-state index in [1.807, 2.05) is 39.0 Å². The molecule has 0 fully saturated rings. The van der Waals surface area contributed by atoms with Gasteiger partial charge in [0.1, 0.15) is 5.92 Å². The van der Waals surface area contributed by atoms with Gasteiger partial charge in [0.25, 0.3) is 0 Å². The van der Waals surface area contributed by atoms with Crippen molar-refractivity contribution < 1.29 is 4.79 Å². The molecule has 4 heteroatoms. The van der Waals surface area contributed by atoms with E-state index in [4.69, 9.17) is 5.26 Å². The summed E-state index contributed by atoms with van der Waals surface area (Å²) in [5.41, 5.74) is 1.87. The molecule has 0 aliphatic heterocycles. The number of carbonyl (C=O) groups is 1. The Morgan fingerprint density at radius 3 is 2.82 bits per heavy atom. The molecule has 1 aromatic heterocycles. The Balaban J connectivity index is 2.60. The van der Waals surface area contributed by atoms with Crippen molar-refractivity contribution in [3.63, 3.8) is 0 Å². The molecule has 0 saturated carbocycles. The van der Waals surface area contributed by atoms with Crippen LogP contribution in [0.2, 0.25) is 0 Å². The van der Waals surface area contributed by atoms with E-state index in [1.165, 1.54) is 0 Å². The minimum Gasteiger partial charge on any atom is -0.349 e. The second-order valence-corrected chi connectivity index (χ2v) is 4.34. The van der Waals surface area contributed by atoms with Crippen molar-refractivity contribution in [1.82, 2.24) is 10.3 Å². The number of nitrogens with one attached hydrogen (secondary N) is 1. The maximum absolute atomic E-state index is 11.7. The third kappa shape index (κ3) is 3.56. The standard InChI is InChI=1S/C13H17N3O/c1-9(2)11(7-14)13(17)16-8-12-10(3)5-4-6-15-12/h4-6,9,11H,8H2,1-3H3,(H,16,17). The Bertz CT molecular complexity index is 435. The Kier molecular flexibility index (Phi) is 4.65. The number of nitrogens with zero attached hydrogens (tertiary/aromatic N) is 2. The lowest BCUT2D eigenvalue weighted by molar-refractivity contribution is -0.124. The molecule has 1 amide bonds. The van der Waals surface area contributed by atoms with E-state index in [1.54, 1.807) is 6.20 Å². The molecule has 1 unspecified atom stereocenters. The molecule has 0 aliphatic carbocycles. The number of hydrogen-bond donors (Lipinski definition) is 1. The van der Waals surface area contributed by atoms with E-state index >= 15 is 0 Å². The highest BCUT2D eigenvalue weighted by molar-refractivity contribution is 5.81. The predicted octanol–water partition coefficient (Wildman–Crippen LogP) is 1.80. The Morgan fingerprint density at radius 1 is 1.59 bits per heavy atom. The minimum absolute atomic E-state index is 0.0184. The molecular formula is C13H17N3O. The number of hydrogen-bond acceptors (Lipinski definition) is 3. The van der Waals surface area contributed by atoms with Crippen LogP contribution in [0.4, 0.5) is 0 Å². The van der Waals surface area contributed by atoms with Crippen LogP contribution < -0.4 is 5.32 Å². The molecule has 0 saturated heterocycles. The van der Waals surface area contributed by atoms with Crippen LogP contribution >= 0.6 is 0 Å². The van der Waals surface area contributed by atoms with Gasteiger partial charge in [0.15, 0.2) is 0 Å². The molecule has 1 rings (SSSR count). The van der Waals surface area contributed by atoms with Crippen LogP contribution in [-0.2, 0) is 11.3 Å². The van der Waals surface area contributed by atoms with E-state index < -0.39 is 5.92 Å². The van der Waals surface area contributed by atoms with Crippen molar-refractivity contribution >= 4 is 5.91 Å². The molecule has 17 heavy (non-hydrogen) atoms. The van der Waals surface area contributed by atoms with Gasteiger partial charge in [0.05, 0.1) is 18.3 Å². The van der Waals surface area contributed by atoms with Crippen LogP contribution in [0.15, 0.2) is 18.3 Å². The normalized spacial score (nSPS) is 11.9. The fourth-order valence-corrected chi connectivity index (χ4v) is 1.49. The predicted molar refractivity (Wildman–Crippen MR) is 64.8 cm³/mol. The quantitative estimate of drug-likeness (QED) is 0.859. The molecule has 0 radical (unpaired) electrons. The van der Waals surface area contributed by atoms with Crippen LogP contribution in [0.5, 0.6) is 0 Å². The van der Waals surface area contributed by atoms with Crippen LogP contribution in [0.1, 0.15) is 25.1 Å². The number of nitriles is 1. The first-order valence-electron chi connectivity index (χ1n) is 5.64. The van der Waals surface area contributed by atoms with Crippen LogP contribution in [0.3, 0.4) is 0 Å². The molecular weight excluding hydrogens is 214 g/mol. The van der Waals surface area contributed by atoms with Gasteiger partial charge in [0, 0.05) is 6.20 Å². The molecule has 0 bridgehead atoms. The monoisotopic (exact) mass is 231 g/mol. The highest BCUT2D eigenvalue weighted by Crippen LogP contribution is 2.10. The van der Waals surface area contributed by atoms with Crippen LogP contribution in [0.25, 0.3) is 0 Å². The molecule has 1 atom stereocenters. The van der Waals surface area contributed by atoms with E-state index in [0.717, 1.165) is 11.3 Å². The van der Waals surface area contributed by atoms with E-state index in [0.29, 0.717) is 6.54 Å². The van der Waals surface area contributed by atoms with Gasteiger partial charge in [-0.2, -0.15) is 5.26 Å². The molecule has 90 valence electrons. The number of rotatable bonds is 4. The number of aromatic nitrogens is 1. The summed E-state index contributed by atoms with van der Waals surface area (Å²) in [5, 5.41) is 11.6. The van der Waals surface area contributed by atoms with E-state index in [-0.39, 0.29) is 11.8 Å². The van der Waals surface area contributed by atoms with Crippen molar-refractivity contribution in [1.29, 1.82) is 5.26 Å². The summed E-state index contributed by atoms with van der Waals surface area (Å²) in [7, 11) is 0. The summed E-state index contributed by atoms with van der Waals surface area (Å²) in [6, 6.07) is 5.82. The molecule has 0 aromatic carbocycles. The number of pyridine rings is 1. The first-order chi connectivity index (χ1) is 8.06. The zero-order valence-electron chi connectivity index (χ0n) is 10.4. The Morgan fingerprint density at radius 2 is 2.29 bits per heavy atom. The highest BCUT2D eigenvalue weighted by Gasteiger charge is 2.21. The number of carbonyl (C=O) groups excluding carboxylic acids is 1. The van der Waals surface area contributed by atoms with Gasteiger partial charge in [-0.25, -0.2) is 0 Å². The van der Waals surface area contributed by atoms with Gasteiger partial charge in [-0.05, 0) is 24.5 Å². The summed E-state index contributed by atoms with van der Waals surface area (Å²) in [5.74, 6) is -0.809. The maximum Gasteiger partial charge on any atom is 0.237 e. The van der Waals surface area contributed by atoms with Gasteiger partial charge >= 0.3 is 0 Å². The van der Waals surface area contributed by atoms with Gasteiger partial charge in [-0.15, -0.1) is 0 Å². The molecule has 1 heterocycles. The van der Waals surface area contributed by atoms with Crippen molar-refractivity contribution in [2.45, 2.75) is 27.3 Å². The van der Waals surface area contributed by atoms with Crippen molar-refractivity contribution in [3.05, 3.63) is 29.6 Å². The summed E-state index contributed by atoms with van der Waals surface area (Å²) >= 11 is 0. The van der Waals surface area contributed by atoms with E-state index in [9.17, 15) is 4.79 Å². The maximum atomic E-state index is 11.7. The molecule has 1 aromatic rings. The Labute approximate surface area is 102 Å². The lowest BCUT2D eigenvalue weighted by Gasteiger charge is -2.13. The zero-order valence-corrected chi connectivity index (χ0v) is 10.4.